The second-order valence-electron chi connectivity index (χ2n) is 3.17. The Morgan fingerprint density at radius 1 is 1.47 bits per heavy atom. The summed E-state index contributed by atoms with van der Waals surface area (Å²) in [6.07, 6.45) is 1.42. The van der Waals surface area contributed by atoms with Gasteiger partial charge in [0.2, 0.25) is 0 Å². The summed E-state index contributed by atoms with van der Waals surface area (Å²) in [6, 6.07) is 5.96. The van der Waals surface area contributed by atoms with Gasteiger partial charge in [-0.15, -0.1) is 11.6 Å². The van der Waals surface area contributed by atoms with Crippen molar-refractivity contribution in [2.24, 2.45) is 0 Å². The van der Waals surface area contributed by atoms with Gasteiger partial charge in [0.1, 0.15) is 5.69 Å². The minimum Gasteiger partial charge on any atom is -0.443 e. The van der Waals surface area contributed by atoms with Crippen LogP contribution in [0.25, 0.3) is 11.3 Å². The normalized spacial score (nSPS) is 10.6. The third-order valence-electron chi connectivity index (χ3n) is 2.28. The van der Waals surface area contributed by atoms with E-state index in [0.29, 0.717) is 5.88 Å². The smallest absolute Gasteiger partial charge is 0.181 e. The summed E-state index contributed by atoms with van der Waals surface area (Å²) >= 11 is 9.26. The molecule has 2 rings (SSSR count). The van der Waals surface area contributed by atoms with Crippen molar-refractivity contribution in [3.8, 4) is 11.3 Å². The van der Waals surface area contributed by atoms with Crippen LogP contribution in [0.1, 0.15) is 11.3 Å². The van der Waals surface area contributed by atoms with Crippen LogP contribution >= 0.6 is 27.5 Å². The van der Waals surface area contributed by atoms with Crippen molar-refractivity contribution in [2.45, 2.75) is 12.8 Å². The number of oxazole rings is 1. The van der Waals surface area contributed by atoms with E-state index in [9.17, 15) is 0 Å². The molecular formula is C11H9BrClNO. The van der Waals surface area contributed by atoms with Crippen molar-refractivity contribution in [1.29, 1.82) is 0 Å². The first-order chi connectivity index (χ1) is 7.24. The molecule has 0 aliphatic heterocycles. The van der Waals surface area contributed by atoms with E-state index in [4.69, 9.17) is 16.0 Å². The largest absolute Gasteiger partial charge is 0.443 e. The van der Waals surface area contributed by atoms with E-state index in [1.54, 1.807) is 0 Å². The Labute approximate surface area is 101 Å². The van der Waals surface area contributed by atoms with Crippen molar-refractivity contribution in [2.75, 3.05) is 0 Å². The van der Waals surface area contributed by atoms with Crippen molar-refractivity contribution in [1.82, 2.24) is 4.98 Å². The van der Waals surface area contributed by atoms with Crippen LogP contribution in [0, 0.1) is 6.92 Å². The lowest BCUT2D eigenvalue weighted by atomic mass is 10.1. The molecule has 2 nitrogen and oxygen atoms in total. The molecule has 15 heavy (non-hydrogen) atoms. The molecule has 1 aromatic heterocycles. The molecule has 2 aromatic rings. The summed E-state index contributed by atoms with van der Waals surface area (Å²) in [5, 5.41) is 0. The molecule has 4 heteroatoms. The van der Waals surface area contributed by atoms with Gasteiger partial charge >= 0.3 is 0 Å². The molecule has 0 aliphatic carbocycles. The van der Waals surface area contributed by atoms with Crippen molar-refractivity contribution >= 4 is 27.5 Å². The second-order valence-corrected chi connectivity index (χ2v) is 4.30. The van der Waals surface area contributed by atoms with E-state index >= 15 is 0 Å². The molecule has 0 amide bonds. The third-order valence-corrected chi connectivity index (χ3v) is 3.39. The Morgan fingerprint density at radius 3 is 3.00 bits per heavy atom. The fourth-order valence-corrected chi connectivity index (χ4v) is 1.99. The van der Waals surface area contributed by atoms with Crippen LogP contribution in [0.5, 0.6) is 0 Å². The molecule has 0 spiro atoms. The Kier molecular flexibility index (Phi) is 3.12. The standard InChI is InChI=1S/C11H9BrClNO/c1-7-8(3-2-4-9(7)12)11-10(5-13)14-6-15-11/h2-4,6H,5H2,1H3. The quantitative estimate of drug-likeness (QED) is 0.775. The zero-order valence-electron chi connectivity index (χ0n) is 8.13. The second kappa shape index (κ2) is 4.37. The lowest BCUT2D eigenvalue weighted by molar-refractivity contribution is 0.571. The highest BCUT2D eigenvalue weighted by atomic mass is 79.9. The number of alkyl halides is 1. The van der Waals surface area contributed by atoms with Crippen LogP contribution in [-0.4, -0.2) is 4.98 Å². The van der Waals surface area contributed by atoms with Gasteiger partial charge in [0.25, 0.3) is 0 Å². The van der Waals surface area contributed by atoms with Crippen molar-refractivity contribution < 1.29 is 4.42 Å². The lowest BCUT2D eigenvalue weighted by Crippen LogP contribution is -1.87. The van der Waals surface area contributed by atoms with Gasteiger partial charge in [0.15, 0.2) is 12.2 Å². The molecular weight excluding hydrogens is 277 g/mol. The molecule has 0 saturated heterocycles. The number of aromatic nitrogens is 1. The number of halogens is 2. The first kappa shape index (κ1) is 10.7. The Bertz CT molecular complexity index is 481. The number of hydrogen-bond acceptors (Lipinski definition) is 2. The first-order valence-electron chi connectivity index (χ1n) is 4.48. The van der Waals surface area contributed by atoms with Gasteiger partial charge in [0, 0.05) is 10.0 Å². The summed E-state index contributed by atoms with van der Waals surface area (Å²) in [5.74, 6) is 1.11. The molecule has 78 valence electrons. The fourth-order valence-electron chi connectivity index (χ4n) is 1.44. The summed E-state index contributed by atoms with van der Waals surface area (Å²) in [6.45, 7) is 2.03. The van der Waals surface area contributed by atoms with Crippen LogP contribution in [0.3, 0.4) is 0 Å². The molecule has 0 saturated carbocycles. The lowest BCUT2D eigenvalue weighted by Gasteiger charge is -2.05. The van der Waals surface area contributed by atoms with Gasteiger partial charge in [-0.05, 0) is 18.6 Å². The molecule has 0 unspecified atom stereocenters. The highest BCUT2D eigenvalue weighted by Crippen LogP contribution is 2.31. The average molecular weight is 287 g/mol. The third kappa shape index (κ3) is 1.94. The maximum atomic E-state index is 5.78. The number of rotatable bonds is 2. The van der Waals surface area contributed by atoms with E-state index < -0.39 is 0 Å². The summed E-state index contributed by atoms with van der Waals surface area (Å²) < 4.78 is 6.41. The maximum absolute atomic E-state index is 5.78. The zero-order valence-corrected chi connectivity index (χ0v) is 10.5. The number of nitrogens with zero attached hydrogens (tertiary/aromatic N) is 1. The van der Waals surface area contributed by atoms with Crippen LogP contribution < -0.4 is 0 Å². The van der Waals surface area contributed by atoms with E-state index in [1.165, 1.54) is 6.39 Å². The van der Waals surface area contributed by atoms with Crippen LogP contribution in [0.15, 0.2) is 33.5 Å². The van der Waals surface area contributed by atoms with Gasteiger partial charge in [0.05, 0.1) is 5.88 Å². The monoisotopic (exact) mass is 285 g/mol. The zero-order chi connectivity index (χ0) is 10.8. The molecule has 0 N–H and O–H groups in total. The molecule has 0 aliphatic rings. The van der Waals surface area contributed by atoms with Gasteiger partial charge in [-0.2, -0.15) is 0 Å². The summed E-state index contributed by atoms with van der Waals surface area (Å²) in [7, 11) is 0. The Balaban J connectivity index is 2.59. The molecule has 0 fully saturated rings. The fraction of sp³-hybridized carbons (Fsp3) is 0.182. The van der Waals surface area contributed by atoms with Gasteiger partial charge < -0.3 is 4.42 Å². The predicted octanol–water partition coefficient (Wildman–Crippen LogP) is 4.15. The minimum atomic E-state index is 0.359. The first-order valence-corrected chi connectivity index (χ1v) is 5.80. The number of hydrogen-bond donors (Lipinski definition) is 0. The molecule has 1 aromatic carbocycles. The van der Waals surface area contributed by atoms with E-state index in [2.05, 4.69) is 20.9 Å². The number of benzene rings is 1. The minimum absolute atomic E-state index is 0.359. The molecule has 0 radical (unpaired) electrons. The van der Waals surface area contributed by atoms with Crippen LogP contribution in [0.2, 0.25) is 0 Å². The van der Waals surface area contributed by atoms with Gasteiger partial charge in [-0.3, -0.25) is 0 Å². The SMILES string of the molecule is Cc1c(Br)cccc1-c1ocnc1CCl. The predicted molar refractivity (Wildman–Crippen MR) is 63.9 cm³/mol. The topological polar surface area (TPSA) is 26.0 Å². The van der Waals surface area contributed by atoms with E-state index in [0.717, 1.165) is 27.1 Å². The molecule has 0 atom stereocenters. The maximum Gasteiger partial charge on any atom is 0.181 e. The van der Waals surface area contributed by atoms with Crippen molar-refractivity contribution in [3.63, 3.8) is 0 Å². The summed E-state index contributed by atoms with van der Waals surface area (Å²) in [4.78, 5) is 4.07. The van der Waals surface area contributed by atoms with Crippen LogP contribution in [0.4, 0.5) is 0 Å². The van der Waals surface area contributed by atoms with E-state index in [-0.39, 0.29) is 0 Å². The van der Waals surface area contributed by atoms with Crippen LogP contribution in [-0.2, 0) is 5.88 Å². The highest BCUT2D eigenvalue weighted by Gasteiger charge is 2.12. The van der Waals surface area contributed by atoms with Gasteiger partial charge in [-0.1, -0.05) is 28.1 Å². The highest BCUT2D eigenvalue weighted by molar-refractivity contribution is 9.10. The summed E-state index contributed by atoms with van der Waals surface area (Å²) in [5.41, 5.74) is 2.93. The Morgan fingerprint density at radius 2 is 2.27 bits per heavy atom. The average Bonchev–Trinajstić information content (AvgIpc) is 2.70. The molecule has 0 bridgehead atoms. The van der Waals surface area contributed by atoms with E-state index in [1.807, 2.05) is 25.1 Å². The Hall–Kier alpha value is -0.800. The molecule has 1 heterocycles. The van der Waals surface area contributed by atoms with Crippen molar-refractivity contribution in [3.05, 3.63) is 40.3 Å². The van der Waals surface area contributed by atoms with Gasteiger partial charge in [-0.25, -0.2) is 4.98 Å².